The maximum absolute atomic E-state index is 13.0. The van der Waals surface area contributed by atoms with Crippen molar-refractivity contribution in [3.8, 4) is 5.69 Å². The van der Waals surface area contributed by atoms with Crippen molar-refractivity contribution in [1.82, 2.24) is 25.1 Å². The molecule has 28 heavy (non-hydrogen) atoms. The van der Waals surface area contributed by atoms with E-state index in [-0.39, 0.29) is 11.5 Å². The number of benzene rings is 2. The average Bonchev–Trinajstić information content (AvgIpc) is 3.28. The Kier molecular flexibility index (Phi) is 6.11. The number of hydrogen-bond donors (Lipinski definition) is 0. The normalized spacial score (nSPS) is 11.6. The molecular formula is C20H21N5O3. The Hall–Kier alpha value is -3.55. The molecule has 144 valence electrons. The molecule has 0 aliphatic carbocycles. The van der Waals surface area contributed by atoms with Crippen LogP contribution in [0.1, 0.15) is 35.9 Å². The fraction of sp³-hybridized carbons (Fsp3) is 0.250. The number of nitrogens with zero attached hydrogens (tertiary/aromatic N) is 5. The van der Waals surface area contributed by atoms with E-state index < -0.39 is 12.1 Å². The Morgan fingerprint density at radius 1 is 1.04 bits per heavy atom. The molecule has 1 atom stereocenters. The quantitative estimate of drug-likeness (QED) is 0.586. The standard InChI is InChI=1S/C20H21N5O3/c1-3-24(4-2)19(26)18(15-10-6-5-7-11-15)28-20(27)16-12-8-9-13-17(16)25-14-21-22-23-25/h5-14,18H,3-4H2,1-2H3/t18-/m0/s1. The maximum atomic E-state index is 13.0. The zero-order valence-corrected chi connectivity index (χ0v) is 15.7. The predicted molar refractivity (Wildman–Crippen MR) is 102 cm³/mol. The third kappa shape index (κ3) is 4.06. The monoisotopic (exact) mass is 379 g/mol. The molecule has 0 aliphatic heterocycles. The van der Waals surface area contributed by atoms with Crippen molar-refractivity contribution in [3.05, 3.63) is 72.1 Å². The van der Waals surface area contributed by atoms with Gasteiger partial charge in [0.25, 0.3) is 5.91 Å². The third-order valence-corrected chi connectivity index (χ3v) is 4.35. The molecule has 0 radical (unpaired) electrons. The lowest BCUT2D eigenvalue weighted by molar-refractivity contribution is -0.140. The van der Waals surface area contributed by atoms with Gasteiger partial charge in [-0.25, -0.2) is 4.79 Å². The summed E-state index contributed by atoms with van der Waals surface area (Å²) in [5.41, 5.74) is 1.36. The van der Waals surface area contributed by atoms with Gasteiger partial charge in [-0.15, -0.1) is 5.10 Å². The molecule has 8 heteroatoms. The van der Waals surface area contributed by atoms with E-state index in [1.807, 2.05) is 19.9 Å². The molecule has 0 spiro atoms. The molecule has 0 saturated heterocycles. The van der Waals surface area contributed by atoms with Crippen LogP contribution in [0.3, 0.4) is 0 Å². The van der Waals surface area contributed by atoms with Gasteiger partial charge in [0.15, 0.2) is 0 Å². The molecule has 8 nitrogen and oxygen atoms in total. The minimum atomic E-state index is -1.03. The fourth-order valence-corrected chi connectivity index (χ4v) is 2.88. The average molecular weight is 379 g/mol. The van der Waals surface area contributed by atoms with E-state index in [2.05, 4.69) is 15.5 Å². The number of aromatic nitrogens is 4. The van der Waals surface area contributed by atoms with E-state index in [1.54, 1.807) is 53.4 Å². The molecule has 1 amide bonds. The summed E-state index contributed by atoms with van der Waals surface area (Å²) in [4.78, 5) is 27.6. The van der Waals surface area contributed by atoms with Gasteiger partial charge in [0.1, 0.15) is 6.33 Å². The van der Waals surface area contributed by atoms with Gasteiger partial charge < -0.3 is 9.64 Å². The molecule has 3 rings (SSSR count). The first kappa shape index (κ1) is 19.2. The van der Waals surface area contributed by atoms with Crippen LogP contribution in [0.4, 0.5) is 0 Å². The molecule has 0 fully saturated rings. The Labute approximate surface area is 162 Å². The van der Waals surface area contributed by atoms with Crippen molar-refractivity contribution in [3.63, 3.8) is 0 Å². The Morgan fingerprint density at radius 2 is 1.71 bits per heavy atom. The highest BCUT2D eigenvalue weighted by Gasteiger charge is 2.29. The van der Waals surface area contributed by atoms with Crippen LogP contribution in [-0.2, 0) is 9.53 Å². The molecule has 0 saturated carbocycles. The second-order valence-electron chi connectivity index (χ2n) is 5.98. The first-order valence-electron chi connectivity index (χ1n) is 9.02. The first-order valence-corrected chi connectivity index (χ1v) is 9.02. The largest absolute Gasteiger partial charge is 0.444 e. The summed E-state index contributed by atoms with van der Waals surface area (Å²) >= 11 is 0. The van der Waals surface area contributed by atoms with Crippen LogP contribution in [0.2, 0.25) is 0 Å². The number of esters is 1. The number of carbonyl (C=O) groups excluding carboxylic acids is 2. The molecule has 0 bridgehead atoms. The van der Waals surface area contributed by atoms with Crippen LogP contribution in [0.25, 0.3) is 5.69 Å². The zero-order valence-electron chi connectivity index (χ0n) is 15.7. The smallest absolute Gasteiger partial charge is 0.341 e. The lowest BCUT2D eigenvalue weighted by Crippen LogP contribution is -2.36. The first-order chi connectivity index (χ1) is 13.7. The highest BCUT2D eigenvalue weighted by Crippen LogP contribution is 2.24. The van der Waals surface area contributed by atoms with E-state index in [1.165, 1.54) is 11.0 Å². The molecule has 1 heterocycles. The summed E-state index contributed by atoms with van der Waals surface area (Å²) < 4.78 is 7.07. The molecule has 2 aromatic carbocycles. The lowest BCUT2D eigenvalue weighted by Gasteiger charge is -2.25. The molecule has 3 aromatic rings. The van der Waals surface area contributed by atoms with Crippen molar-refractivity contribution in [2.24, 2.45) is 0 Å². The number of ether oxygens (including phenoxy) is 1. The summed E-state index contributed by atoms with van der Waals surface area (Å²) in [6.07, 6.45) is 0.359. The van der Waals surface area contributed by atoms with Gasteiger partial charge in [-0.1, -0.05) is 42.5 Å². The molecular weight excluding hydrogens is 358 g/mol. The Balaban J connectivity index is 1.94. The van der Waals surface area contributed by atoms with Crippen LogP contribution < -0.4 is 0 Å². The Bertz CT molecular complexity index is 924. The van der Waals surface area contributed by atoms with Crippen molar-refractivity contribution in [2.45, 2.75) is 20.0 Å². The summed E-state index contributed by atoms with van der Waals surface area (Å²) in [5.74, 6) is -0.884. The van der Waals surface area contributed by atoms with Crippen LogP contribution >= 0.6 is 0 Å². The second-order valence-corrected chi connectivity index (χ2v) is 5.98. The number of carbonyl (C=O) groups is 2. The molecule has 0 aliphatic rings. The summed E-state index contributed by atoms with van der Waals surface area (Å²) in [6.45, 7) is 4.82. The number of hydrogen-bond acceptors (Lipinski definition) is 6. The second kappa shape index (κ2) is 8.90. The number of para-hydroxylation sites is 1. The Morgan fingerprint density at radius 3 is 2.36 bits per heavy atom. The van der Waals surface area contributed by atoms with Crippen molar-refractivity contribution in [1.29, 1.82) is 0 Å². The molecule has 0 unspecified atom stereocenters. The summed E-state index contributed by atoms with van der Waals surface area (Å²) in [6, 6.07) is 15.8. The third-order valence-electron chi connectivity index (χ3n) is 4.35. The fourth-order valence-electron chi connectivity index (χ4n) is 2.88. The van der Waals surface area contributed by atoms with E-state index >= 15 is 0 Å². The van der Waals surface area contributed by atoms with E-state index in [4.69, 9.17) is 4.74 Å². The number of amides is 1. The van der Waals surface area contributed by atoms with Gasteiger partial charge >= 0.3 is 5.97 Å². The van der Waals surface area contributed by atoms with Crippen LogP contribution in [0, 0.1) is 0 Å². The van der Waals surface area contributed by atoms with Gasteiger partial charge in [0.05, 0.1) is 11.3 Å². The molecule has 1 aromatic heterocycles. The van der Waals surface area contributed by atoms with Crippen molar-refractivity contribution < 1.29 is 14.3 Å². The molecule has 0 N–H and O–H groups in total. The van der Waals surface area contributed by atoms with Crippen LogP contribution in [0.5, 0.6) is 0 Å². The van der Waals surface area contributed by atoms with Crippen molar-refractivity contribution >= 4 is 11.9 Å². The van der Waals surface area contributed by atoms with E-state index in [0.29, 0.717) is 24.3 Å². The van der Waals surface area contributed by atoms with Crippen molar-refractivity contribution in [2.75, 3.05) is 13.1 Å². The minimum absolute atomic E-state index is 0.260. The summed E-state index contributed by atoms with van der Waals surface area (Å²) in [7, 11) is 0. The number of likely N-dealkylation sites (N-methyl/N-ethyl adjacent to an activating group) is 1. The van der Waals surface area contributed by atoms with Gasteiger partial charge in [-0.3, -0.25) is 4.79 Å². The van der Waals surface area contributed by atoms with Gasteiger partial charge in [-0.2, -0.15) is 4.68 Å². The van der Waals surface area contributed by atoms with E-state index in [9.17, 15) is 9.59 Å². The topological polar surface area (TPSA) is 90.2 Å². The zero-order chi connectivity index (χ0) is 19.9. The lowest BCUT2D eigenvalue weighted by atomic mass is 10.1. The van der Waals surface area contributed by atoms with Gasteiger partial charge in [0, 0.05) is 18.7 Å². The van der Waals surface area contributed by atoms with E-state index in [0.717, 1.165) is 0 Å². The SMILES string of the molecule is CCN(CC)C(=O)[C@@H](OC(=O)c1ccccc1-n1cnnn1)c1ccccc1. The van der Waals surface area contributed by atoms with Gasteiger partial charge in [-0.05, 0) is 36.4 Å². The van der Waals surface area contributed by atoms with Crippen LogP contribution in [0.15, 0.2) is 60.9 Å². The highest BCUT2D eigenvalue weighted by atomic mass is 16.5. The minimum Gasteiger partial charge on any atom is -0.444 e. The van der Waals surface area contributed by atoms with Crippen LogP contribution in [-0.4, -0.2) is 50.1 Å². The summed E-state index contributed by atoms with van der Waals surface area (Å²) in [5, 5.41) is 11.0. The predicted octanol–water partition coefficient (Wildman–Crippen LogP) is 2.43. The highest BCUT2D eigenvalue weighted by molar-refractivity contribution is 5.95. The van der Waals surface area contributed by atoms with Gasteiger partial charge in [0.2, 0.25) is 6.10 Å². The maximum Gasteiger partial charge on any atom is 0.341 e. The number of tetrazole rings is 1. The number of rotatable bonds is 7.